The largest absolute Gasteiger partial charge is 0.508 e. The van der Waals surface area contributed by atoms with Gasteiger partial charge in [0, 0.05) is 6.07 Å². The number of imidazole rings is 1. The molecule has 0 radical (unpaired) electrons. The summed E-state index contributed by atoms with van der Waals surface area (Å²) in [5.41, 5.74) is 8.73. The molecule has 0 atom stereocenters. The Bertz CT molecular complexity index is 1070. The number of nitrogens with zero attached hydrogens (tertiary/aromatic N) is 2. The van der Waals surface area contributed by atoms with Crippen LogP contribution in [0.3, 0.4) is 0 Å². The molecule has 1 aromatic heterocycles. The molecule has 0 aliphatic rings. The van der Waals surface area contributed by atoms with Crippen molar-refractivity contribution in [3.05, 3.63) is 77.6 Å². The maximum absolute atomic E-state index is 10.3. The van der Waals surface area contributed by atoms with E-state index in [1.54, 1.807) is 12.4 Å². The average Bonchev–Trinajstić information content (AvgIpc) is 2.97. The van der Waals surface area contributed by atoms with Crippen molar-refractivity contribution in [2.45, 2.75) is 20.8 Å². The zero-order valence-corrected chi connectivity index (χ0v) is 14.6. The van der Waals surface area contributed by atoms with E-state index in [0.29, 0.717) is 0 Å². The highest BCUT2D eigenvalue weighted by Gasteiger charge is 2.11. The molecule has 4 rings (SSSR count). The molecular formula is C22H20N2O. The van der Waals surface area contributed by atoms with Crippen LogP contribution in [0.25, 0.3) is 27.8 Å². The number of aryl methyl sites for hydroxylation is 3. The third-order valence-corrected chi connectivity index (χ3v) is 4.60. The summed E-state index contributed by atoms with van der Waals surface area (Å²) < 4.78 is 2.01. The second-order valence-electron chi connectivity index (χ2n) is 6.62. The number of fused-ring (bicyclic) bond motifs is 1. The first kappa shape index (κ1) is 15.5. The van der Waals surface area contributed by atoms with Gasteiger partial charge >= 0.3 is 0 Å². The molecule has 0 fully saturated rings. The van der Waals surface area contributed by atoms with Crippen molar-refractivity contribution in [2.24, 2.45) is 0 Å². The maximum Gasteiger partial charge on any atom is 0.118 e. The van der Waals surface area contributed by atoms with Crippen LogP contribution in [0, 0.1) is 20.8 Å². The third kappa shape index (κ3) is 2.68. The zero-order valence-electron chi connectivity index (χ0n) is 14.6. The SMILES string of the molecule is Cc1cc(C)c(-c2cc(O)cc(-n3cnc4ccccc43)c2)c(C)c1. The summed E-state index contributed by atoms with van der Waals surface area (Å²) in [5, 5.41) is 10.3. The molecule has 3 nitrogen and oxygen atoms in total. The van der Waals surface area contributed by atoms with Gasteiger partial charge in [-0.1, -0.05) is 29.8 Å². The molecule has 124 valence electrons. The first-order valence-corrected chi connectivity index (χ1v) is 8.37. The Morgan fingerprint density at radius 3 is 2.36 bits per heavy atom. The smallest absolute Gasteiger partial charge is 0.118 e. The summed E-state index contributed by atoms with van der Waals surface area (Å²) in [7, 11) is 0. The fourth-order valence-electron chi connectivity index (χ4n) is 3.68. The predicted molar refractivity (Wildman–Crippen MR) is 102 cm³/mol. The molecule has 0 saturated carbocycles. The Morgan fingerprint density at radius 1 is 0.880 bits per heavy atom. The highest BCUT2D eigenvalue weighted by Crippen LogP contribution is 2.33. The number of aromatic nitrogens is 2. The molecule has 0 amide bonds. The second kappa shape index (κ2) is 5.78. The van der Waals surface area contributed by atoms with Crippen molar-refractivity contribution in [3.63, 3.8) is 0 Å². The summed E-state index contributed by atoms with van der Waals surface area (Å²) in [6.07, 6.45) is 1.80. The van der Waals surface area contributed by atoms with Crippen LogP contribution in [0.1, 0.15) is 16.7 Å². The number of hydrogen-bond donors (Lipinski definition) is 1. The predicted octanol–water partition coefficient (Wildman–Crippen LogP) is 5.32. The Labute approximate surface area is 147 Å². The van der Waals surface area contributed by atoms with Crippen LogP contribution >= 0.6 is 0 Å². The maximum atomic E-state index is 10.3. The summed E-state index contributed by atoms with van der Waals surface area (Å²) in [6, 6.07) is 18.1. The van der Waals surface area contributed by atoms with Gasteiger partial charge in [-0.05, 0) is 67.3 Å². The van der Waals surface area contributed by atoms with Crippen LogP contribution in [0.4, 0.5) is 0 Å². The standard InChI is InChI=1S/C22H20N2O/c1-14-8-15(2)22(16(3)9-14)17-10-18(12-19(25)11-17)24-13-23-20-6-4-5-7-21(20)24/h4-13,25H,1-3H3. The lowest BCUT2D eigenvalue weighted by molar-refractivity contribution is 0.475. The number of phenolic OH excluding ortho intramolecular Hbond substituents is 1. The van der Waals surface area contributed by atoms with E-state index >= 15 is 0 Å². The molecule has 1 heterocycles. The number of para-hydroxylation sites is 2. The monoisotopic (exact) mass is 328 g/mol. The molecule has 0 aliphatic heterocycles. The molecule has 1 N–H and O–H groups in total. The van der Waals surface area contributed by atoms with Crippen molar-refractivity contribution in [2.75, 3.05) is 0 Å². The van der Waals surface area contributed by atoms with Gasteiger partial charge in [0.15, 0.2) is 0 Å². The van der Waals surface area contributed by atoms with Gasteiger partial charge in [0.2, 0.25) is 0 Å². The van der Waals surface area contributed by atoms with Gasteiger partial charge < -0.3 is 5.11 Å². The lowest BCUT2D eigenvalue weighted by Gasteiger charge is -2.14. The van der Waals surface area contributed by atoms with Crippen LogP contribution in [-0.4, -0.2) is 14.7 Å². The van der Waals surface area contributed by atoms with Crippen molar-refractivity contribution in [1.29, 1.82) is 0 Å². The molecule has 0 aliphatic carbocycles. The average molecular weight is 328 g/mol. The van der Waals surface area contributed by atoms with Crippen molar-refractivity contribution in [1.82, 2.24) is 9.55 Å². The Morgan fingerprint density at radius 2 is 1.60 bits per heavy atom. The normalized spacial score (nSPS) is 11.2. The third-order valence-electron chi connectivity index (χ3n) is 4.60. The Balaban J connectivity index is 1.94. The van der Waals surface area contributed by atoms with Gasteiger partial charge in [-0.3, -0.25) is 4.57 Å². The first-order valence-electron chi connectivity index (χ1n) is 8.37. The summed E-state index contributed by atoms with van der Waals surface area (Å²) in [4.78, 5) is 4.46. The molecule has 3 aromatic carbocycles. The van der Waals surface area contributed by atoms with E-state index < -0.39 is 0 Å². The fraction of sp³-hybridized carbons (Fsp3) is 0.136. The van der Waals surface area contributed by atoms with Gasteiger partial charge in [0.05, 0.1) is 16.7 Å². The van der Waals surface area contributed by atoms with Crippen molar-refractivity contribution >= 4 is 11.0 Å². The van der Waals surface area contributed by atoms with Gasteiger partial charge in [-0.15, -0.1) is 0 Å². The van der Waals surface area contributed by atoms with Gasteiger partial charge in [-0.2, -0.15) is 0 Å². The lowest BCUT2D eigenvalue weighted by atomic mass is 9.93. The van der Waals surface area contributed by atoms with E-state index in [9.17, 15) is 5.11 Å². The van der Waals surface area contributed by atoms with Crippen LogP contribution in [-0.2, 0) is 0 Å². The molecule has 4 aromatic rings. The zero-order chi connectivity index (χ0) is 17.6. The number of benzene rings is 3. The second-order valence-corrected chi connectivity index (χ2v) is 6.62. The van der Waals surface area contributed by atoms with E-state index in [0.717, 1.165) is 22.3 Å². The minimum Gasteiger partial charge on any atom is -0.508 e. The molecular weight excluding hydrogens is 308 g/mol. The highest BCUT2D eigenvalue weighted by molar-refractivity contribution is 5.79. The quantitative estimate of drug-likeness (QED) is 0.540. The minimum absolute atomic E-state index is 0.254. The molecule has 0 saturated heterocycles. The summed E-state index contributed by atoms with van der Waals surface area (Å²) >= 11 is 0. The van der Waals surface area contributed by atoms with Crippen LogP contribution in [0.2, 0.25) is 0 Å². The summed E-state index contributed by atoms with van der Waals surface area (Å²) in [6.45, 7) is 6.34. The van der Waals surface area contributed by atoms with E-state index in [-0.39, 0.29) is 5.75 Å². The molecule has 0 spiro atoms. The van der Waals surface area contributed by atoms with E-state index in [1.165, 1.54) is 22.3 Å². The van der Waals surface area contributed by atoms with Crippen molar-refractivity contribution < 1.29 is 5.11 Å². The van der Waals surface area contributed by atoms with Crippen LogP contribution in [0.15, 0.2) is 60.9 Å². The van der Waals surface area contributed by atoms with Crippen LogP contribution < -0.4 is 0 Å². The lowest BCUT2D eigenvalue weighted by Crippen LogP contribution is -1.95. The van der Waals surface area contributed by atoms with E-state index in [4.69, 9.17) is 0 Å². The fourth-order valence-corrected chi connectivity index (χ4v) is 3.68. The minimum atomic E-state index is 0.254. The molecule has 3 heteroatoms. The number of phenols is 1. The van der Waals surface area contributed by atoms with Crippen LogP contribution in [0.5, 0.6) is 5.75 Å². The molecule has 25 heavy (non-hydrogen) atoms. The first-order chi connectivity index (χ1) is 12.0. The number of aromatic hydroxyl groups is 1. The highest BCUT2D eigenvalue weighted by atomic mass is 16.3. The van der Waals surface area contributed by atoms with E-state index in [2.05, 4.69) is 44.0 Å². The number of rotatable bonds is 2. The van der Waals surface area contributed by atoms with Gasteiger partial charge in [0.25, 0.3) is 0 Å². The number of hydrogen-bond acceptors (Lipinski definition) is 2. The van der Waals surface area contributed by atoms with Crippen molar-refractivity contribution in [3.8, 4) is 22.6 Å². The molecule has 0 unspecified atom stereocenters. The van der Waals surface area contributed by atoms with Gasteiger partial charge in [0.1, 0.15) is 12.1 Å². The Hall–Kier alpha value is -3.07. The van der Waals surface area contributed by atoms with E-state index in [1.807, 2.05) is 34.9 Å². The van der Waals surface area contributed by atoms with Gasteiger partial charge in [-0.25, -0.2) is 4.98 Å². The topological polar surface area (TPSA) is 38.0 Å². The summed E-state index contributed by atoms with van der Waals surface area (Å²) in [5.74, 6) is 0.254. The molecule has 0 bridgehead atoms. The Kier molecular flexibility index (Phi) is 3.57.